The van der Waals surface area contributed by atoms with Gasteiger partial charge in [0.05, 0.1) is 25.1 Å². The molecule has 0 spiro atoms. The van der Waals surface area contributed by atoms with Crippen LogP contribution in [-0.4, -0.2) is 42.7 Å². The molecule has 2 heterocycles. The van der Waals surface area contributed by atoms with Gasteiger partial charge in [0.15, 0.2) is 0 Å². The topological polar surface area (TPSA) is 37.4 Å². The maximum atomic E-state index is 13.0. The Morgan fingerprint density at radius 3 is 2.58 bits per heavy atom. The average Bonchev–Trinajstić information content (AvgIpc) is 2.64. The molecule has 4 nitrogen and oxygen atoms in total. The van der Waals surface area contributed by atoms with Crippen molar-refractivity contribution >= 4 is 0 Å². The van der Waals surface area contributed by atoms with Crippen LogP contribution in [0.3, 0.4) is 0 Å². The van der Waals surface area contributed by atoms with Crippen molar-refractivity contribution in [1.29, 1.82) is 0 Å². The molecule has 1 aromatic carbocycles. The van der Waals surface area contributed by atoms with E-state index < -0.39 is 0 Å². The van der Waals surface area contributed by atoms with Gasteiger partial charge < -0.3 is 10.1 Å². The molecule has 2 atom stereocenters. The van der Waals surface area contributed by atoms with Crippen molar-refractivity contribution < 1.29 is 9.13 Å². The predicted molar refractivity (Wildman–Crippen MR) is 92.2 cm³/mol. The van der Waals surface area contributed by atoms with Gasteiger partial charge in [0.2, 0.25) is 0 Å². The van der Waals surface area contributed by atoms with Crippen molar-refractivity contribution in [2.24, 2.45) is 0 Å². The van der Waals surface area contributed by atoms with Gasteiger partial charge in [-0.3, -0.25) is 9.88 Å². The number of ether oxygens (including phenoxy) is 1. The molecule has 1 aliphatic rings. The minimum absolute atomic E-state index is 0.0675. The molecule has 2 aromatic rings. The Bertz CT molecular complexity index is 614. The van der Waals surface area contributed by atoms with Gasteiger partial charge in [0.25, 0.3) is 0 Å². The molecule has 1 saturated heterocycles. The highest BCUT2D eigenvalue weighted by Crippen LogP contribution is 2.22. The van der Waals surface area contributed by atoms with E-state index in [1.165, 1.54) is 17.8 Å². The highest BCUT2D eigenvalue weighted by molar-refractivity contribution is 5.20. The number of aromatic nitrogens is 1. The summed E-state index contributed by atoms with van der Waals surface area (Å²) in [7, 11) is 0. The van der Waals surface area contributed by atoms with Gasteiger partial charge in [-0.1, -0.05) is 30.3 Å². The summed E-state index contributed by atoms with van der Waals surface area (Å²) in [6.45, 7) is 6.29. The molecule has 128 valence electrons. The van der Waals surface area contributed by atoms with Crippen LogP contribution in [-0.2, 0) is 4.74 Å². The Kier molecular flexibility index (Phi) is 5.91. The fourth-order valence-electron chi connectivity index (χ4n) is 3.06. The molecule has 1 aromatic heterocycles. The van der Waals surface area contributed by atoms with Crippen LogP contribution in [0.4, 0.5) is 4.39 Å². The van der Waals surface area contributed by atoms with Gasteiger partial charge in [-0.05, 0) is 24.6 Å². The smallest absolute Gasteiger partial charge is 0.141 e. The number of nitrogens with zero attached hydrogens (tertiary/aromatic N) is 2. The summed E-state index contributed by atoms with van der Waals surface area (Å²) in [6, 6.07) is 14.1. The Morgan fingerprint density at radius 2 is 1.92 bits per heavy atom. The lowest BCUT2D eigenvalue weighted by Crippen LogP contribution is -2.43. The van der Waals surface area contributed by atoms with Crippen LogP contribution >= 0.6 is 0 Å². The number of morpholine rings is 1. The number of pyridine rings is 1. The standard InChI is InChI=1S/C19H24FN3O/c1-15(18-8-7-17(20)13-22-18)21-14-19(16-5-3-2-4-6-16)23-9-11-24-12-10-23/h2-8,13,15,19,21H,9-12,14H2,1H3. The number of hydrogen-bond acceptors (Lipinski definition) is 4. The summed E-state index contributed by atoms with van der Waals surface area (Å²) < 4.78 is 18.5. The number of hydrogen-bond donors (Lipinski definition) is 1. The van der Waals surface area contributed by atoms with Crippen molar-refractivity contribution in [1.82, 2.24) is 15.2 Å². The first-order valence-corrected chi connectivity index (χ1v) is 8.45. The number of rotatable bonds is 6. The first-order chi connectivity index (χ1) is 11.7. The monoisotopic (exact) mass is 329 g/mol. The van der Waals surface area contributed by atoms with Gasteiger partial charge >= 0.3 is 0 Å². The molecule has 0 radical (unpaired) electrons. The molecule has 0 bridgehead atoms. The Balaban J connectivity index is 1.68. The zero-order chi connectivity index (χ0) is 16.8. The second-order valence-corrected chi connectivity index (χ2v) is 6.11. The van der Waals surface area contributed by atoms with Crippen molar-refractivity contribution in [3.05, 3.63) is 65.7 Å². The molecular weight excluding hydrogens is 305 g/mol. The number of halogens is 1. The molecule has 3 rings (SSSR count). The van der Waals surface area contributed by atoms with Gasteiger partial charge in [-0.25, -0.2) is 4.39 Å². The van der Waals surface area contributed by atoms with Gasteiger partial charge in [-0.2, -0.15) is 0 Å². The maximum Gasteiger partial charge on any atom is 0.141 e. The third-order valence-electron chi connectivity index (χ3n) is 4.48. The van der Waals surface area contributed by atoms with E-state index in [0.717, 1.165) is 38.5 Å². The first-order valence-electron chi connectivity index (χ1n) is 8.45. The molecular formula is C19H24FN3O. The van der Waals surface area contributed by atoms with Crippen LogP contribution in [0.1, 0.15) is 30.3 Å². The lowest BCUT2D eigenvalue weighted by atomic mass is 10.0. The normalized spacial score (nSPS) is 18.2. The minimum Gasteiger partial charge on any atom is -0.379 e. The molecule has 1 fully saturated rings. The van der Waals surface area contributed by atoms with Crippen LogP contribution in [0.15, 0.2) is 48.7 Å². The van der Waals surface area contributed by atoms with Crippen molar-refractivity contribution in [2.45, 2.75) is 19.0 Å². The van der Waals surface area contributed by atoms with Crippen molar-refractivity contribution in [3.63, 3.8) is 0 Å². The lowest BCUT2D eigenvalue weighted by molar-refractivity contribution is 0.0157. The highest BCUT2D eigenvalue weighted by atomic mass is 19.1. The van der Waals surface area contributed by atoms with Crippen molar-refractivity contribution in [3.8, 4) is 0 Å². The minimum atomic E-state index is -0.304. The van der Waals surface area contributed by atoms with E-state index in [1.807, 2.05) is 6.07 Å². The summed E-state index contributed by atoms with van der Waals surface area (Å²) in [5, 5.41) is 3.55. The summed E-state index contributed by atoms with van der Waals surface area (Å²) in [6.07, 6.45) is 1.27. The second-order valence-electron chi connectivity index (χ2n) is 6.11. The van der Waals surface area contributed by atoms with Gasteiger partial charge in [-0.15, -0.1) is 0 Å². The molecule has 2 unspecified atom stereocenters. The number of benzene rings is 1. The summed E-state index contributed by atoms with van der Waals surface area (Å²) >= 11 is 0. The molecule has 0 aliphatic carbocycles. The quantitative estimate of drug-likeness (QED) is 0.884. The van der Waals surface area contributed by atoms with Crippen LogP contribution in [0, 0.1) is 5.82 Å². The second kappa shape index (κ2) is 8.33. The molecule has 0 saturated carbocycles. The maximum absolute atomic E-state index is 13.0. The molecule has 1 aliphatic heterocycles. The van der Waals surface area contributed by atoms with E-state index in [0.29, 0.717) is 0 Å². The highest BCUT2D eigenvalue weighted by Gasteiger charge is 2.23. The van der Waals surface area contributed by atoms with Crippen LogP contribution in [0.2, 0.25) is 0 Å². The SMILES string of the molecule is CC(NCC(c1ccccc1)N1CCOCC1)c1ccc(F)cn1. The zero-order valence-corrected chi connectivity index (χ0v) is 14.0. The lowest BCUT2D eigenvalue weighted by Gasteiger charge is -2.35. The summed E-state index contributed by atoms with van der Waals surface area (Å²) in [5.74, 6) is -0.304. The molecule has 5 heteroatoms. The zero-order valence-electron chi connectivity index (χ0n) is 14.0. The molecule has 0 amide bonds. The van der Waals surface area contributed by atoms with E-state index >= 15 is 0 Å². The third-order valence-corrected chi connectivity index (χ3v) is 4.48. The third kappa shape index (κ3) is 4.38. The fourth-order valence-corrected chi connectivity index (χ4v) is 3.06. The summed E-state index contributed by atoms with van der Waals surface area (Å²) in [4.78, 5) is 6.63. The van der Waals surface area contributed by atoms with E-state index in [9.17, 15) is 4.39 Å². The summed E-state index contributed by atoms with van der Waals surface area (Å²) in [5.41, 5.74) is 2.15. The van der Waals surface area contributed by atoms with E-state index in [4.69, 9.17) is 4.74 Å². The van der Waals surface area contributed by atoms with Crippen molar-refractivity contribution in [2.75, 3.05) is 32.8 Å². The van der Waals surface area contributed by atoms with E-state index in [2.05, 4.69) is 46.4 Å². The molecule has 1 N–H and O–H groups in total. The number of nitrogens with one attached hydrogen (secondary N) is 1. The Hall–Kier alpha value is -1.82. The predicted octanol–water partition coefficient (Wildman–Crippen LogP) is 2.94. The fraction of sp³-hybridized carbons (Fsp3) is 0.421. The van der Waals surface area contributed by atoms with Crippen LogP contribution in [0.25, 0.3) is 0 Å². The Morgan fingerprint density at radius 1 is 1.17 bits per heavy atom. The van der Waals surface area contributed by atoms with Crippen LogP contribution < -0.4 is 5.32 Å². The van der Waals surface area contributed by atoms with E-state index in [1.54, 1.807) is 6.07 Å². The first kappa shape index (κ1) is 17.0. The molecule has 24 heavy (non-hydrogen) atoms. The van der Waals surface area contributed by atoms with E-state index in [-0.39, 0.29) is 17.9 Å². The van der Waals surface area contributed by atoms with Crippen LogP contribution in [0.5, 0.6) is 0 Å². The van der Waals surface area contributed by atoms with Gasteiger partial charge in [0, 0.05) is 31.7 Å². The average molecular weight is 329 g/mol. The van der Waals surface area contributed by atoms with Gasteiger partial charge in [0.1, 0.15) is 5.82 Å². The largest absolute Gasteiger partial charge is 0.379 e. The Labute approximate surface area is 142 Å².